The van der Waals surface area contributed by atoms with Gasteiger partial charge in [0.05, 0.1) is 12.8 Å². The fraction of sp³-hybridized carbons (Fsp3) is 0.333. The molecular weight excluding hydrogens is 379 g/mol. The van der Waals surface area contributed by atoms with E-state index in [2.05, 4.69) is 4.99 Å². The quantitative estimate of drug-likeness (QED) is 0.706. The molecule has 0 aromatic heterocycles. The monoisotopic (exact) mass is 402 g/mol. The lowest BCUT2D eigenvalue weighted by Gasteiger charge is -2.26. The van der Waals surface area contributed by atoms with Crippen LogP contribution in [0.4, 0.5) is 10.1 Å². The Kier molecular flexibility index (Phi) is 6.57. The summed E-state index contributed by atoms with van der Waals surface area (Å²) < 4.78 is 24.0. The highest BCUT2D eigenvalue weighted by atomic mass is 32.2. The number of hydrogen-bond acceptors (Lipinski definition) is 5. The Labute approximate surface area is 168 Å². The van der Waals surface area contributed by atoms with Crippen LogP contribution >= 0.6 is 11.8 Å². The fourth-order valence-electron chi connectivity index (χ4n) is 2.86. The molecule has 7 heteroatoms. The van der Waals surface area contributed by atoms with Crippen molar-refractivity contribution in [3.05, 3.63) is 54.3 Å². The molecule has 0 spiro atoms. The van der Waals surface area contributed by atoms with Gasteiger partial charge in [0.2, 0.25) is 0 Å². The summed E-state index contributed by atoms with van der Waals surface area (Å²) in [6, 6.07) is 13.1. The van der Waals surface area contributed by atoms with Crippen molar-refractivity contribution in [3.63, 3.8) is 0 Å². The standard InChI is InChI=1S/C21H23FN2O3S/c1-4-17-13-28-21(23-16-7-11-18(26-3)12-8-16)24(17)20(25)14(2)27-19-9-5-15(22)6-10-19/h5-12,14,17H,4,13H2,1-3H3. The van der Waals surface area contributed by atoms with Gasteiger partial charge in [-0.05, 0) is 61.9 Å². The normalized spacial score (nSPS) is 18.9. The summed E-state index contributed by atoms with van der Waals surface area (Å²) in [7, 11) is 1.61. The van der Waals surface area contributed by atoms with Crippen molar-refractivity contribution in [2.75, 3.05) is 12.9 Å². The highest BCUT2D eigenvalue weighted by Gasteiger charge is 2.37. The first-order valence-electron chi connectivity index (χ1n) is 9.12. The van der Waals surface area contributed by atoms with Crippen molar-refractivity contribution < 1.29 is 18.7 Å². The van der Waals surface area contributed by atoms with E-state index in [1.807, 2.05) is 31.2 Å². The highest BCUT2D eigenvalue weighted by molar-refractivity contribution is 8.14. The Hall–Kier alpha value is -2.54. The Bertz CT molecular complexity index is 840. The Morgan fingerprint density at radius 3 is 2.46 bits per heavy atom. The van der Waals surface area contributed by atoms with Gasteiger partial charge in [-0.3, -0.25) is 9.69 Å². The van der Waals surface area contributed by atoms with Gasteiger partial charge in [-0.1, -0.05) is 18.7 Å². The van der Waals surface area contributed by atoms with Crippen LogP contribution in [-0.2, 0) is 4.79 Å². The second-order valence-electron chi connectivity index (χ2n) is 6.39. The van der Waals surface area contributed by atoms with Crippen LogP contribution in [0, 0.1) is 5.82 Å². The number of carbonyl (C=O) groups excluding carboxylic acids is 1. The number of ether oxygens (including phenoxy) is 2. The Morgan fingerprint density at radius 1 is 1.21 bits per heavy atom. The van der Waals surface area contributed by atoms with Crippen molar-refractivity contribution in [2.45, 2.75) is 32.4 Å². The number of methoxy groups -OCH3 is 1. The van der Waals surface area contributed by atoms with E-state index in [1.165, 1.54) is 24.3 Å². The van der Waals surface area contributed by atoms with E-state index in [9.17, 15) is 9.18 Å². The largest absolute Gasteiger partial charge is 0.497 e. The van der Waals surface area contributed by atoms with Gasteiger partial charge in [-0.15, -0.1) is 0 Å². The number of halogens is 1. The van der Waals surface area contributed by atoms with Crippen LogP contribution in [0.25, 0.3) is 0 Å². The van der Waals surface area contributed by atoms with Gasteiger partial charge in [0, 0.05) is 11.8 Å². The van der Waals surface area contributed by atoms with Crippen LogP contribution in [0.3, 0.4) is 0 Å². The van der Waals surface area contributed by atoms with Gasteiger partial charge in [0.1, 0.15) is 17.3 Å². The third-order valence-corrected chi connectivity index (χ3v) is 5.55. The summed E-state index contributed by atoms with van der Waals surface area (Å²) in [5.74, 6) is 1.50. The molecule has 2 aromatic rings. The summed E-state index contributed by atoms with van der Waals surface area (Å²) in [5.41, 5.74) is 0.755. The SMILES string of the molecule is CCC1CSC(=Nc2ccc(OC)cc2)N1C(=O)C(C)Oc1ccc(F)cc1. The van der Waals surface area contributed by atoms with Crippen LogP contribution in [0.5, 0.6) is 11.5 Å². The minimum absolute atomic E-state index is 0.0637. The number of aliphatic imine (C=N–C) groups is 1. The third-order valence-electron chi connectivity index (χ3n) is 4.46. The maximum atomic E-state index is 13.1. The van der Waals surface area contributed by atoms with Crippen molar-refractivity contribution in [2.24, 2.45) is 4.99 Å². The predicted octanol–water partition coefficient (Wildman–Crippen LogP) is 4.64. The number of amides is 1. The van der Waals surface area contributed by atoms with Gasteiger partial charge in [0.15, 0.2) is 11.3 Å². The minimum atomic E-state index is -0.709. The first-order valence-corrected chi connectivity index (χ1v) is 10.1. The highest BCUT2D eigenvalue weighted by Crippen LogP contribution is 2.30. The molecule has 148 valence electrons. The van der Waals surface area contributed by atoms with E-state index < -0.39 is 6.10 Å². The minimum Gasteiger partial charge on any atom is -0.497 e. The molecule has 28 heavy (non-hydrogen) atoms. The van der Waals surface area contributed by atoms with Gasteiger partial charge in [-0.2, -0.15) is 0 Å². The molecular formula is C21H23FN2O3S. The number of benzene rings is 2. The maximum absolute atomic E-state index is 13.1. The van der Waals surface area contributed by atoms with E-state index in [0.29, 0.717) is 10.9 Å². The lowest BCUT2D eigenvalue weighted by atomic mass is 10.2. The summed E-state index contributed by atoms with van der Waals surface area (Å²) >= 11 is 1.56. The van der Waals surface area contributed by atoms with Crippen molar-refractivity contribution in [1.29, 1.82) is 0 Å². The second-order valence-corrected chi connectivity index (χ2v) is 7.37. The van der Waals surface area contributed by atoms with E-state index >= 15 is 0 Å². The predicted molar refractivity (Wildman–Crippen MR) is 110 cm³/mol. The van der Waals surface area contributed by atoms with Crippen molar-refractivity contribution in [1.82, 2.24) is 4.90 Å². The molecule has 2 atom stereocenters. The molecule has 1 saturated heterocycles. The molecule has 1 heterocycles. The van der Waals surface area contributed by atoms with E-state index in [0.717, 1.165) is 23.6 Å². The summed E-state index contributed by atoms with van der Waals surface area (Å²) in [5, 5.41) is 0.663. The van der Waals surface area contributed by atoms with E-state index in [4.69, 9.17) is 9.47 Å². The van der Waals surface area contributed by atoms with E-state index in [-0.39, 0.29) is 17.8 Å². The van der Waals surface area contributed by atoms with Crippen LogP contribution in [-0.4, -0.2) is 41.0 Å². The third kappa shape index (κ3) is 4.65. The van der Waals surface area contributed by atoms with Gasteiger partial charge in [-0.25, -0.2) is 9.38 Å². The summed E-state index contributed by atoms with van der Waals surface area (Å²) in [6.07, 6.45) is 0.114. The lowest BCUT2D eigenvalue weighted by molar-refractivity contribution is -0.135. The topological polar surface area (TPSA) is 51.1 Å². The molecule has 0 N–H and O–H groups in total. The molecule has 2 aromatic carbocycles. The first kappa shape index (κ1) is 20.2. The number of thioether (sulfide) groups is 1. The van der Waals surface area contributed by atoms with Crippen LogP contribution < -0.4 is 9.47 Å². The molecule has 1 amide bonds. The Balaban J connectivity index is 1.79. The van der Waals surface area contributed by atoms with Gasteiger partial charge in [0.25, 0.3) is 5.91 Å². The van der Waals surface area contributed by atoms with Crippen LogP contribution in [0.1, 0.15) is 20.3 Å². The number of rotatable bonds is 6. The molecule has 5 nitrogen and oxygen atoms in total. The smallest absolute Gasteiger partial charge is 0.269 e. The fourth-order valence-corrected chi connectivity index (χ4v) is 4.14. The zero-order chi connectivity index (χ0) is 20.1. The maximum Gasteiger partial charge on any atom is 0.269 e. The van der Waals surface area contributed by atoms with Crippen molar-refractivity contribution in [3.8, 4) is 11.5 Å². The van der Waals surface area contributed by atoms with Crippen LogP contribution in [0.15, 0.2) is 53.5 Å². The number of nitrogens with zero attached hydrogens (tertiary/aromatic N) is 2. The zero-order valence-electron chi connectivity index (χ0n) is 16.1. The molecule has 1 aliphatic heterocycles. The second kappa shape index (κ2) is 9.10. The number of amidine groups is 1. The van der Waals surface area contributed by atoms with Gasteiger partial charge < -0.3 is 9.47 Å². The van der Waals surface area contributed by atoms with Gasteiger partial charge >= 0.3 is 0 Å². The Morgan fingerprint density at radius 2 is 1.86 bits per heavy atom. The molecule has 1 aliphatic rings. The molecule has 1 fully saturated rings. The molecule has 0 aliphatic carbocycles. The number of hydrogen-bond donors (Lipinski definition) is 0. The molecule has 0 bridgehead atoms. The molecule has 2 unspecified atom stereocenters. The zero-order valence-corrected chi connectivity index (χ0v) is 16.9. The van der Waals surface area contributed by atoms with E-state index in [1.54, 1.807) is 30.7 Å². The summed E-state index contributed by atoms with van der Waals surface area (Å²) in [6.45, 7) is 3.75. The number of carbonyl (C=O) groups is 1. The lowest BCUT2D eigenvalue weighted by Crippen LogP contribution is -2.45. The molecule has 0 radical (unpaired) electrons. The average molecular weight is 402 g/mol. The molecule has 0 saturated carbocycles. The van der Waals surface area contributed by atoms with Crippen molar-refractivity contribution >= 4 is 28.5 Å². The van der Waals surface area contributed by atoms with Crippen LogP contribution in [0.2, 0.25) is 0 Å². The summed E-state index contributed by atoms with van der Waals surface area (Å²) in [4.78, 5) is 19.5. The first-order chi connectivity index (χ1) is 13.5. The molecule has 3 rings (SSSR count). The average Bonchev–Trinajstić information content (AvgIpc) is 3.12.